The Morgan fingerprint density at radius 2 is 0.625 bits per heavy atom. The van der Waals surface area contributed by atoms with Crippen LogP contribution in [0.4, 0.5) is 43.9 Å². The van der Waals surface area contributed by atoms with Gasteiger partial charge in [0.1, 0.15) is 0 Å². The molecule has 26 heteroatoms. The summed E-state index contributed by atoms with van der Waals surface area (Å²) in [5, 5.41) is -16.0. The summed E-state index contributed by atoms with van der Waals surface area (Å²) in [7, 11) is -33.5. The minimum absolute atomic E-state index is 7.87. The predicted molar refractivity (Wildman–Crippen MR) is 73.7 cm³/mol. The van der Waals surface area contributed by atoms with E-state index in [0.29, 0.717) is 0 Å². The summed E-state index contributed by atoms with van der Waals surface area (Å²) in [6.45, 7) is 0. The van der Waals surface area contributed by atoms with E-state index in [2.05, 4.69) is 0 Å². The molecule has 0 fully saturated rings. The molecule has 0 bridgehead atoms. The van der Waals surface area contributed by atoms with E-state index in [1.807, 2.05) is 0 Å². The molecule has 0 aliphatic carbocycles. The van der Waals surface area contributed by atoms with Crippen molar-refractivity contribution in [1.29, 1.82) is 0 Å². The minimum Gasteiger partial charge on any atom is -0.284 e. The molecule has 0 spiro atoms. The fourth-order valence-corrected chi connectivity index (χ4v) is 6.61. The summed E-state index contributed by atoms with van der Waals surface area (Å²) >= 11 is 0. The van der Waals surface area contributed by atoms with Gasteiger partial charge in [0.15, 0.2) is 0 Å². The van der Waals surface area contributed by atoms with Gasteiger partial charge < -0.3 is 0 Å². The molecular formula is C6H4F10O12S4. The predicted octanol–water partition coefficient (Wildman–Crippen LogP) is 0.325. The lowest BCUT2D eigenvalue weighted by molar-refractivity contribution is -0.356. The number of alkyl halides is 10. The largest absolute Gasteiger partial charge is 0.438 e. The van der Waals surface area contributed by atoms with Crippen molar-refractivity contribution in [2.75, 3.05) is 0 Å². The van der Waals surface area contributed by atoms with Gasteiger partial charge >= 0.3 is 72.8 Å². The molecule has 0 rings (SSSR count). The number of hydrogen-bond donors (Lipinski definition) is 4. The molecule has 0 aliphatic heterocycles. The zero-order valence-electron chi connectivity index (χ0n) is 13.5. The molecule has 12 nitrogen and oxygen atoms in total. The highest BCUT2D eigenvalue weighted by Crippen LogP contribution is 2.63. The van der Waals surface area contributed by atoms with Crippen LogP contribution in [0.25, 0.3) is 0 Å². The second kappa shape index (κ2) is 7.22. The topological polar surface area (TPSA) is 217 Å². The highest BCUT2D eigenvalue weighted by atomic mass is 32.3. The quantitative estimate of drug-likeness (QED) is 0.212. The summed E-state index contributed by atoms with van der Waals surface area (Å²) < 4.78 is 247. The molecule has 4 N–H and O–H groups in total. The smallest absolute Gasteiger partial charge is 0.284 e. The van der Waals surface area contributed by atoms with Crippen molar-refractivity contribution in [2.45, 2.75) is 32.4 Å². The van der Waals surface area contributed by atoms with E-state index in [9.17, 15) is 77.6 Å². The molecule has 0 aliphatic rings. The van der Waals surface area contributed by atoms with Crippen LogP contribution >= 0.6 is 0 Å². The average molecular weight is 586 g/mol. The lowest BCUT2D eigenvalue weighted by Crippen LogP contribution is -2.79. The first kappa shape index (κ1) is 30.9. The molecule has 0 heterocycles. The third-order valence-corrected chi connectivity index (χ3v) is 9.18. The van der Waals surface area contributed by atoms with E-state index in [1.165, 1.54) is 0 Å². The van der Waals surface area contributed by atoms with E-state index in [1.54, 1.807) is 0 Å². The summed E-state index contributed by atoms with van der Waals surface area (Å²) in [5.41, 5.74) is 0. The third-order valence-electron chi connectivity index (χ3n) is 3.33. The highest BCUT2D eigenvalue weighted by molar-refractivity contribution is 8.07. The third kappa shape index (κ3) is 3.54. The molecule has 0 aromatic rings. The average Bonchev–Trinajstić information content (AvgIpc) is 2.40. The van der Waals surface area contributed by atoms with Gasteiger partial charge in [-0.2, -0.15) is 77.6 Å². The first-order valence-electron chi connectivity index (χ1n) is 6.02. The second-order valence-electron chi connectivity index (χ2n) is 5.27. The normalized spacial score (nSPS) is 16.8. The summed E-state index contributed by atoms with van der Waals surface area (Å²) in [6, 6.07) is 0. The Balaban J connectivity index is 8.24. The van der Waals surface area contributed by atoms with Gasteiger partial charge in [-0.1, -0.05) is 0 Å². The lowest BCUT2D eigenvalue weighted by atomic mass is 10.0. The Kier molecular flexibility index (Phi) is 6.98. The lowest BCUT2D eigenvalue weighted by Gasteiger charge is -2.43. The standard InChI is InChI=1S/C6H4F10O12S4/c7-1(8,3(11,12)5(13,14)31(23,24)25)2(9,10)4(29(17,18)19,30(20,21)22)6(15,16)32(26,27)28/h(H,17,18,19)(H,20,21,22)(H,23,24,25)(H,26,27,28). The van der Waals surface area contributed by atoms with Gasteiger partial charge in [-0.3, -0.25) is 18.2 Å². The van der Waals surface area contributed by atoms with E-state index in [-0.39, 0.29) is 0 Å². The molecule has 0 aromatic carbocycles. The Hall–Kier alpha value is -1.06. The van der Waals surface area contributed by atoms with Crippen molar-refractivity contribution in [3.63, 3.8) is 0 Å². The van der Waals surface area contributed by atoms with Gasteiger partial charge in [-0.25, -0.2) is 0 Å². The molecule has 0 saturated heterocycles. The minimum atomic E-state index is -8.88. The first-order valence-corrected chi connectivity index (χ1v) is 11.8. The van der Waals surface area contributed by atoms with Crippen molar-refractivity contribution < 1.29 is 95.8 Å². The van der Waals surface area contributed by atoms with Crippen LogP contribution in [-0.4, -0.2) is 84.2 Å². The molecule has 0 unspecified atom stereocenters. The van der Waals surface area contributed by atoms with Gasteiger partial charge in [0, 0.05) is 0 Å². The van der Waals surface area contributed by atoms with Gasteiger partial charge in [-0.15, -0.1) is 0 Å². The highest BCUT2D eigenvalue weighted by Gasteiger charge is 2.98. The molecular weight excluding hydrogens is 582 g/mol. The van der Waals surface area contributed by atoms with Crippen LogP contribution in [0.2, 0.25) is 0 Å². The van der Waals surface area contributed by atoms with Crippen molar-refractivity contribution >= 4 is 40.5 Å². The van der Waals surface area contributed by atoms with Crippen LogP contribution in [0.15, 0.2) is 0 Å². The van der Waals surface area contributed by atoms with Gasteiger partial charge in [-0.05, 0) is 0 Å². The fourth-order valence-electron chi connectivity index (χ4n) is 1.86. The maximum absolute atomic E-state index is 14.2. The number of halogens is 10. The van der Waals surface area contributed by atoms with E-state index < -0.39 is 72.8 Å². The number of rotatable bonds is 9. The van der Waals surface area contributed by atoms with Crippen LogP contribution in [0.1, 0.15) is 0 Å². The zero-order valence-corrected chi connectivity index (χ0v) is 16.7. The summed E-state index contributed by atoms with van der Waals surface area (Å²) in [5.74, 6) is -26.2. The van der Waals surface area contributed by atoms with Crippen LogP contribution in [0.3, 0.4) is 0 Å². The van der Waals surface area contributed by atoms with E-state index in [4.69, 9.17) is 18.2 Å². The van der Waals surface area contributed by atoms with Crippen LogP contribution in [0, 0.1) is 0 Å². The molecule has 32 heavy (non-hydrogen) atoms. The van der Waals surface area contributed by atoms with Crippen molar-refractivity contribution in [3.05, 3.63) is 0 Å². The monoisotopic (exact) mass is 586 g/mol. The zero-order chi connectivity index (χ0) is 27.0. The number of hydrogen-bond acceptors (Lipinski definition) is 8. The maximum atomic E-state index is 14.2. The Bertz CT molecular complexity index is 1170. The summed E-state index contributed by atoms with van der Waals surface area (Å²) in [4.78, 5) is 0. The van der Waals surface area contributed by atoms with Crippen molar-refractivity contribution in [2.24, 2.45) is 0 Å². The Morgan fingerprint density at radius 1 is 0.375 bits per heavy atom. The summed E-state index contributed by atoms with van der Waals surface area (Å²) in [6.07, 6.45) is 0. The molecule has 194 valence electrons. The second-order valence-corrected chi connectivity index (χ2v) is 11.6. The molecule has 0 atom stereocenters. The molecule has 0 aromatic heterocycles. The van der Waals surface area contributed by atoms with Gasteiger partial charge in [0.05, 0.1) is 0 Å². The Morgan fingerprint density at radius 3 is 0.812 bits per heavy atom. The molecule has 0 saturated carbocycles. The van der Waals surface area contributed by atoms with E-state index >= 15 is 0 Å². The molecule has 0 radical (unpaired) electrons. The molecule has 0 amide bonds. The van der Waals surface area contributed by atoms with Crippen molar-refractivity contribution in [1.82, 2.24) is 0 Å². The SMILES string of the molecule is O=S(=O)(O)C(F)(F)C(F)(F)C(F)(F)C(F)(F)C(C(F)(F)S(=O)(=O)O)(S(=O)(=O)O)S(=O)(=O)O. The van der Waals surface area contributed by atoms with E-state index in [0.717, 1.165) is 0 Å². The fraction of sp³-hybridized carbons (Fsp3) is 1.00. The van der Waals surface area contributed by atoms with Crippen LogP contribution < -0.4 is 0 Å². The maximum Gasteiger partial charge on any atom is 0.438 e. The van der Waals surface area contributed by atoms with Crippen LogP contribution in [0.5, 0.6) is 0 Å². The van der Waals surface area contributed by atoms with Gasteiger partial charge in [0.25, 0.3) is 0 Å². The first-order chi connectivity index (χ1) is 13.2. The Labute approximate surface area is 169 Å². The van der Waals surface area contributed by atoms with Gasteiger partial charge in [0.2, 0.25) is 0 Å². The van der Waals surface area contributed by atoms with Crippen molar-refractivity contribution in [3.8, 4) is 0 Å². The van der Waals surface area contributed by atoms with Crippen LogP contribution in [-0.2, 0) is 40.5 Å².